The fraction of sp³-hybridized carbons (Fsp3) is 0.667. The maximum absolute atomic E-state index is 5.41. The molecule has 0 spiro atoms. The van der Waals surface area contributed by atoms with Crippen LogP contribution < -0.4 is 10.1 Å². The lowest BCUT2D eigenvalue weighted by molar-refractivity contribution is 0.170. The molecule has 0 unspecified atom stereocenters. The van der Waals surface area contributed by atoms with Crippen molar-refractivity contribution >= 4 is 0 Å². The van der Waals surface area contributed by atoms with Gasteiger partial charge in [-0.2, -0.15) is 5.10 Å². The number of aromatic nitrogens is 2. The summed E-state index contributed by atoms with van der Waals surface area (Å²) in [6.07, 6.45) is 0.856. The molecular weight excluding hydrogens is 218 g/mol. The van der Waals surface area contributed by atoms with Crippen molar-refractivity contribution in [2.24, 2.45) is 0 Å². The molecule has 0 radical (unpaired) electrons. The molecule has 1 rings (SSSR count). The van der Waals surface area contributed by atoms with Gasteiger partial charge in [-0.1, -0.05) is 13.8 Å². The van der Waals surface area contributed by atoms with Crippen LogP contribution in [0.25, 0.3) is 0 Å². The summed E-state index contributed by atoms with van der Waals surface area (Å²) in [5, 5.41) is 11.4. The van der Waals surface area contributed by atoms with Crippen LogP contribution in [-0.4, -0.2) is 36.6 Å². The lowest BCUT2D eigenvalue weighted by atomic mass is 10.3. The van der Waals surface area contributed by atoms with Crippen LogP contribution in [0.1, 0.15) is 26.0 Å². The number of methoxy groups -OCH3 is 1. The SMILES string of the molecule is COCCCOc1ccc(CNC(C)C)nn1. The smallest absolute Gasteiger partial charge is 0.233 e. The molecule has 1 aromatic heterocycles. The third kappa shape index (κ3) is 6.19. The molecular formula is C12H21N3O2. The van der Waals surface area contributed by atoms with Gasteiger partial charge in [0.15, 0.2) is 0 Å². The van der Waals surface area contributed by atoms with Gasteiger partial charge in [-0.25, -0.2) is 0 Å². The van der Waals surface area contributed by atoms with Gasteiger partial charge >= 0.3 is 0 Å². The average Bonchev–Trinajstić information content (AvgIpc) is 2.33. The van der Waals surface area contributed by atoms with Crippen LogP contribution in [0, 0.1) is 0 Å². The van der Waals surface area contributed by atoms with Crippen molar-refractivity contribution in [3.8, 4) is 5.88 Å². The van der Waals surface area contributed by atoms with E-state index in [1.165, 1.54) is 0 Å². The molecule has 0 aliphatic rings. The second-order valence-corrected chi connectivity index (χ2v) is 4.09. The van der Waals surface area contributed by atoms with Crippen LogP contribution in [0.5, 0.6) is 5.88 Å². The number of nitrogens with one attached hydrogen (secondary N) is 1. The molecule has 5 heteroatoms. The van der Waals surface area contributed by atoms with Gasteiger partial charge in [0.2, 0.25) is 5.88 Å². The Kier molecular flexibility index (Phi) is 6.50. The van der Waals surface area contributed by atoms with Crippen molar-refractivity contribution in [3.63, 3.8) is 0 Å². The van der Waals surface area contributed by atoms with E-state index in [0.717, 1.165) is 18.7 Å². The summed E-state index contributed by atoms with van der Waals surface area (Å²) in [6.45, 7) is 6.23. The molecule has 0 atom stereocenters. The predicted octanol–water partition coefficient (Wildman–Crippen LogP) is 1.39. The van der Waals surface area contributed by atoms with Gasteiger partial charge in [-0.15, -0.1) is 5.10 Å². The van der Waals surface area contributed by atoms with E-state index in [4.69, 9.17) is 9.47 Å². The summed E-state index contributed by atoms with van der Waals surface area (Å²) in [5.41, 5.74) is 0.919. The minimum Gasteiger partial charge on any atom is -0.477 e. The normalized spacial score (nSPS) is 10.8. The van der Waals surface area contributed by atoms with Gasteiger partial charge < -0.3 is 14.8 Å². The van der Waals surface area contributed by atoms with Crippen molar-refractivity contribution in [1.82, 2.24) is 15.5 Å². The Balaban J connectivity index is 2.29. The summed E-state index contributed by atoms with van der Waals surface area (Å²) < 4.78 is 10.3. The Labute approximate surface area is 103 Å². The second kappa shape index (κ2) is 7.97. The van der Waals surface area contributed by atoms with Crippen molar-refractivity contribution in [2.75, 3.05) is 20.3 Å². The topological polar surface area (TPSA) is 56.3 Å². The first-order valence-electron chi connectivity index (χ1n) is 5.90. The lowest BCUT2D eigenvalue weighted by Gasteiger charge is -2.07. The molecule has 0 amide bonds. The molecule has 1 heterocycles. The monoisotopic (exact) mass is 239 g/mol. The van der Waals surface area contributed by atoms with Gasteiger partial charge in [0.05, 0.1) is 12.3 Å². The molecule has 17 heavy (non-hydrogen) atoms. The molecule has 0 saturated carbocycles. The highest BCUT2D eigenvalue weighted by atomic mass is 16.5. The maximum atomic E-state index is 5.41. The Morgan fingerprint density at radius 3 is 2.65 bits per heavy atom. The van der Waals surface area contributed by atoms with E-state index in [1.54, 1.807) is 7.11 Å². The van der Waals surface area contributed by atoms with E-state index in [0.29, 0.717) is 25.1 Å². The van der Waals surface area contributed by atoms with Crippen molar-refractivity contribution in [3.05, 3.63) is 17.8 Å². The zero-order chi connectivity index (χ0) is 12.5. The molecule has 0 bridgehead atoms. The van der Waals surface area contributed by atoms with Crippen LogP contribution >= 0.6 is 0 Å². The van der Waals surface area contributed by atoms with Gasteiger partial charge in [-0.05, 0) is 6.07 Å². The Morgan fingerprint density at radius 1 is 1.24 bits per heavy atom. The van der Waals surface area contributed by atoms with Gasteiger partial charge in [0.25, 0.3) is 0 Å². The van der Waals surface area contributed by atoms with Crippen LogP contribution in [0.3, 0.4) is 0 Å². The van der Waals surface area contributed by atoms with Gasteiger partial charge in [0, 0.05) is 38.8 Å². The standard InChI is InChI=1S/C12H21N3O2/c1-10(2)13-9-11-5-6-12(15-14-11)17-8-4-7-16-3/h5-6,10,13H,4,7-9H2,1-3H3. The molecule has 0 saturated heterocycles. The fourth-order valence-corrected chi connectivity index (χ4v) is 1.21. The lowest BCUT2D eigenvalue weighted by Crippen LogP contribution is -2.22. The molecule has 0 fully saturated rings. The zero-order valence-corrected chi connectivity index (χ0v) is 10.8. The van der Waals surface area contributed by atoms with Crippen molar-refractivity contribution in [2.45, 2.75) is 32.9 Å². The molecule has 1 N–H and O–H groups in total. The van der Waals surface area contributed by atoms with E-state index in [-0.39, 0.29) is 0 Å². The minimum atomic E-state index is 0.446. The maximum Gasteiger partial charge on any atom is 0.233 e. The quantitative estimate of drug-likeness (QED) is 0.695. The summed E-state index contributed by atoms with van der Waals surface area (Å²) in [7, 11) is 1.68. The third-order valence-corrected chi connectivity index (χ3v) is 2.13. The van der Waals surface area contributed by atoms with Crippen LogP contribution in [0.4, 0.5) is 0 Å². The molecule has 0 aliphatic carbocycles. The van der Waals surface area contributed by atoms with Crippen LogP contribution in [0.15, 0.2) is 12.1 Å². The largest absolute Gasteiger partial charge is 0.477 e. The van der Waals surface area contributed by atoms with Crippen LogP contribution in [-0.2, 0) is 11.3 Å². The second-order valence-electron chi connectivity index (χ2n) is 4.09. The first kappa shape index (κ1) is 13.9. The van der Waals surface area contributed by atoms with E-state index in [1.807, 2.05) is 12.1 Å². The number of nitrogens with zero attached hydrogens (tertiary/aromatic N) is 2. The Morgan fingerprint density at radius 2 is 2.06 bits per heavy atom. The summed E-state index contributed by atoms with van der Waals surface area (Å²) >= 11 is 0. The van der Waals surface area contributed by atoms with Gasteiger partial charge in [-0.3, -0.25) is 0 Å². The highest BCUT2D eigenvalue weighted by Crippen LogP contribution is 2.05. The zero-order valence-electron chi connectivity index (χ0n) is 10.8. The minimum absolute atomic E-state index is 0.446. The fourth-order valence-electron chi connectivity index (χ4n) is 1.21. The highest BCUT2D eigenvalue weighted by Gasteiger charge is 1.99. The Bertz CT molecular complexity index is 301. The van der Waals surface area contributed by atoms with E-state index >= 15 is 0 Å². The summed E-state index contributed by atoms with van der Waals surface area (Å²) in [6, 6.07) is 4.22. The van der Waals surface area contributed by atoms with Gasteiger partial charge in [0.1, 0.15) is 0 Å². The number of ether oxygens (including phenoxy) is 2. The molecule has 0 aliphatic heterocycles. The Hall–Kier alpha value is -1.20. The molecule has 96 valence electrons. The summed E-state index contributed by atoms with van der Waals surface area (Å²) in [4.78, 5) is 0. The van der Waals surface area contributed by atoms with Crippen molar-refractivity contribution < 1.29 is 9.47 Å². The molecule has 0 aromatic carbocycles. The summed E-state index contributed by atoms with van der Waals surface area (Å²) in [5.74, 6) is 0.564. The predicted molar refractivity (Wildman–Crippen MR) is 66.0 cm³/mol. The first-order valence-corrected chi connectivity index (χ1v) is 5.90. The molecule has 5 nitrogen and oxygen atoms in total. The molecule has 1 aromatic rings. The van der Waals surface area contributed by atoms with E-state index in [2.05, 4.69) is 29.4 Å². The number of hydrogen-bond acceptors (Lipinski definition) is 5. The van der Waals surface area contributed by atoms with E-state index < -0.39 is 0 Å². The number of rotatable bonds is 8. The van der Waals surface area contributed by atoms with E-state index in [9.17, 15) is 0 Å². The third-order valence-electron chi connectivity index (χ3n) is 2.13. The first-order chi connectivity index (χ1) is 8.22. The van der Waals surface area contributed by atoms with Crippen LogP contribution in [0.2, 0.25) is 0 Å². The highest BCUT2D eigenvalue weighted by molar-refractivity contribution is 5.11. The average molecular weight is 239 g/mol. The number of hydrogen-bond donors (Lipinski definition) is 1. The van der Waals surface area contributed by atoms with Crippen molar-refractivity contribution in [1.29, 1.82) is 0 Å².